The van der Waals surface area contributed by atoms with Crippen molar-refractivity contribution in [2.24, 2.45) is 5.16 Å². The van der Waals surface area contributed by atoms with Crippen LogP contribution in [-0.4, -0.2) is 10.9 Å². The van der Waals surface area contributed by atoms with Gasteiger partial charge in [-0.3, -0.25) is 0 Å². The number of hydrogen-bond acceptors (Lipinski definition) is 2. The van der Waals surface area contributed by atoms with Crippen LogP contribution in [0.5, 0.6) is 0 Å². The van der Waals surface area contributed by atoms with E-state index in [2.05, 4.69) is 5.16 Å². The Morgan fingerprint density at radius 3 is 2.38 bits per heavy atom. The van der Waals surface area contributed by atoms with Gasteiger partial charge in [0.2, 0.25) is 0 Å². The summed E-state index contributed by atoms with van der Waals surface area (Å²) in [6.07, 6.45) is -1.49. The molecule has 0 aliphatic heterocycles. The molecular weight excluding hydrogens is 346 g/mol. The van der Waals surface area contributed by atoms with Gasteiger partial charge < -0.3 is 5.21 Å². The standard InChI is InChI=1S/C20H17F4NO/c21-14-5-8-15-12(9-14)3-6-17(19(15)25-26)16-7-4-13(20(22,23)24)10-18(16)11-1-2-11/h4-5,7-11,17,26H,1-3,6H2/b25-19-. The minimum absolute atomic E-state index is 0.127. The van der Waals surface area contributed by atoms with Gasteiger partial charge in [0.05, 0.1) is 11.3 Å². The van der Waals surface area contributed by atoms with Crippen LogP contribution in [0.2, 0.25) is 0 Å². The van der Waals surface area contributed by atoms with E-state index in [0.717, 1.165) is 30.0 Å². The molecule has 2 aromatic carbocycles. The molecule has 0 bridgehead atoms. The zero-order chi connectivity index (χ0) is 18.5. The first-order chi connectivity index (χ1) is 12.4. The highest BCUT2D eigenvalue weighted by Gasteiger charge is 2.37. The van der Waals surface area contributed by atoms with Gasteiger partial charge in [0.1, 0.15) is 5.82 Å². The van der Waals surface area contributed by atoms with Gasteiger partial charge in [-0.2, -0.15) is 13.2 Å². The van der Waals surface area contributed by atoms with Crippen molar-refractivity contribution in [3.63, 3.8) is 0 Å². The minimum Gasteiger partial charge on any atom is -0.411 e. The van der Waals surface area contributed by atoms with Crippen LogP contribution in [0.1, 0.15) is 58.9 Å². The first-order valence-electron chi connectivity index (χ1n) is 8.60. The van der Waals surface area contributed by atoms with Gasteiger partial charge in [-0.05, 0) is 78.6 Å². The molecule has 0 radical (unpaired) electrons. The smallest absolute Gasteiger partial charge is 0.411 e. The lowest BCUT2D eigenvalue weighted by molar-refractivity contribution is -0.137. The van der Waals surface area contributed by atoms with Gasteiger partial charge >= 0.3 is 6.18 Å². The van der Waals surface area contributed by atoms with Crippen LogP contribution in [-0.2, 0) is 12.6 Å². The number of alkyl halides is 3. The fraction of sp³-hybridized carbons (Fsp3) is 0.350. The van der Waals surface area contributed by atoms with Gasteiger partial charge in [-0.25, -0.2) is 4.39 Å². The summed E-state index contributed by atoms with van der Waals surface area (Å²) in [5.41, 5.74) is 2.64. The molecule has 136 valence electrons. The molecule has 0 heterocycles. The Bertz CT molecular complexity index is 884. The Morgan fingerprint density at radius 1 is 0.962 bits per heavy atom. The number of nitrogens with zero attached hydrogens (tertiary/aromatic N) is 1. The van der Waals surface area contributed by atoms with Crippen LogP contribution in [0.4, 0.5) is 17.6 Å². The van der Waals surface area contributed by atoms with Gasteiger partial charge in [-0.1, -0.05) is 11.2 Å². The summed E-state index contributed by atoms with van der Waals surface area (Å²) in [7, 11) is 0. The summed E-state index contributed by atoms with van der Waals surface area (Å²) in [6, 6.07) is 8.15. The molecule has 0 saturated heterocycles. The summed E-state index contributed by atoms with van der Waals surface area (Å²) in [4.78, 5) is 0. The second-order valence-electron chi connectivity index (χ2n) is 6.99. The molecule has 2 aliphatic carbocycles. The average Bonchev–Trinajstić information content (AvgIpc) is 3.44. The van der Waals surface area contributed by atoms with Crippen molar-refractivity contribution in [2.75, 3.05) is 0 Å². The molecule has 6 heteroatoms. The van der Waals surface area contributed by atoms with E-state index < -0.39 is 11.7 Å². The van der Waals surface area contributed by atoms with Crippen LogP contribution in [0.25, 0.3) is 0 Å². The normalized spacial score (nSPS) is 21.7. The molecule has 0 aromatic heterocycles. The van der Waals surface area contributed by atoms with Crippen molar-refractivity contribution in [3.05, 3.63) is 70.0 Å². The van der Waals surface area contributed by atoms with Crippen molar-refractivity contribution in [3.8, 4) is 0 Å². The van der Waals surface area contributed by atoms with Gasteiger partial charge in [0.25, 0.3) is 0 Å². The topological polar surface area (TPSA) is 32.6 Å². The first-order valence-corrected chi connectivity index (χ1v) is 8.60. The SMILES string of the molecule is O/N=C1/c2ccc(F)cc2CCC1c1ccc(C(F)(F)F)cc1C1CC1. The second kappa shape index (κ2) is 6.11. The first kappa shape index (κ1) is 17.1. The lowest BCUT2D eigenvalue weighted by Crippen LogP contribution is -2.23. The third kappa shape index (κ3) is 2.97. The molecule has 1 atom stereocenters. The molecule has 1 unspecified atom stereocenters. The molecule has 1 N–H and O–H groups in total. The summed E-state index contributed by atoms with van der Waals surface area (Å²) >= 11 is 0. The van der Waals surface area contributed by atoms with E-state index in [1.807, 2.05) is 0 Å². The average molecular weight is 363 g/mol. The molecule has 0 spiro atoms. The maximum absolute atomic E-state index is 13.5. The molecular formula is C20H17F4NO. The summed E-state index contributed by atoms with van der Waals surface area (Å²) in [6.45, 7) is 0. The zero-order valence-electron chi connectivity index (χ0n) is 13.9. The van der Waals surface area contributed by atoms with Gasteiger partial charge in [0, 0.05) is 11.5 Å². The molecule has 4 rings (SSSR count). The number of rotatable bonds is 2. The third-order valence-corrected chi connectivity index (χ3v) is 5.29. The van der Waals surface area contributed by atoms with E-state index in [0.29, 0.717) is 29.7 Å². The number of hydrogen-bond donors (Lipinski definition) is 1. The lowest BCUT2D eigenvalue weighted by Gasteiger charge is -2.28. The Kier molecular flexibility index (Phi) is 4.01. The van der Waals surface area contributed by atoms with Crippen LogP contribution in [0, 0.1) is 5.82 Å². The van der Waals surface area contributed by atoms with E-state index in [1.54, 1.807) is 6.07 Å². The van der Waals surface area contributed by atoms with E-state index in [1.165, 1.54) is 24.3 Å². The fourth-order valence-electron chi connectivity index (χ4n) is 3.89. The fourth-order valence-corrected chi connectivity index (χ4v) is 3.89. The number of aryl methyl sites for hydroxylation is 1. The monoisotopic (exact) mass is 363 g/mol. The highest BCUT2D eigenvalue weighted by molar-refractivity contribution is 6.07. The highest BCUT2D eigenvalue weighted by Crippen LogP contribution is 2.47. The van der Waals surface area contributed by atoms with Gasteiger partial charge in [-0.15, -0.1) is 0 Å². The second-order valence-corrected chi connectivity index (χ2v) is 6.99. The van der Waals surface area contributed by atoms with Crippen molar-refractivity contribution < 1.29 is 22.8 Å². The van der Waals surface area contributed by atoms with Crippen LogP contribution < -0.4 is 0 Å². The largest absolute Gasteiger partial charge is 0.416 e. The number of benzene rings is 2. The molecule has 2 nitrogen and oxygen atoms in total. The molecule has 1 saturated carbocycles. The van der Waals surface area contributed by atoms with Crippen LogP contribution >= 0.6 is 0 Å². The van der Waals surface area contributed by atoms with Crippen LogP contribution in [0.3, 0.4) is 0 Å². The number of halogens is 4. The predicted molar refractivity (Wildman–Crippen MR) is 89.2 cm³/mol. The summed E-state index contributed by atoms with van der Waals surface area (Å²) in [5.74, 6) is -0.523. The van der Waals surface area contributed by atoms with Crippen molar-refractivity contribution in [2.45, 2.75) is 43.7 Å². The molecule has 2 aromatic rings. The quantitative estimate of drug-likeness (QED) is 0.419. The maximum atomic E-state index is 13.5. The Hall–Kier alpha value is -2.37. The molecule has 1 fully saturated rings. The molecule has 2 aliphatic rings. The third-order valence-electron chi connectivity index (χ3n) is 5.29. The van der Waals surface area contributed by atoms with Crippen LogP contribution in [0.15, 0.2) is 41.6 Å². The van der Waals surface area contributed by atoms with Crippen molar-refractivity contribution in [1.82, 2.24) is 0 Å². The summed E-state index contributed by atoms with van der Waals surface area (Å²) in [5, 5.41) is 13.0. The van der Waals surface area contributed by atoms with E-state index in [9.17, 15) is 22.8 Å². The Morgan fingerprint density at radius 2 is 1.73 bits per heavy atom. The van der Waals surface area contributed by atoms with Crippen molar-refractivity contribution in [1.29, 1.82) is 0 Å². The minimum atomic E-state index is -4.38. The lowest BCUT2D eigenvalue weighted by atomic mass is 9.76. The van der Waals surface area contributed by atoms with E-state index >= 15 is 0 Å². The Labute approximate surface area is 148 Å². The molecule has 26 heavy (non-hydrogen) atoms. The zero-order valence-corrected chi connectivity index (χ0v) is 13.9. The number of fused-ring (bicyclic) bond motifs is 1. The van der Waals surface area contributed by atoms with Gasteiger partial charge in [0.15, 0.2) is 0 Å². The van der Waals surface area contributed by atoms with Crippen molar-refractivity contribution >= 4 is 5.71 Å². The van der Waals surface area contributed by atoms with E-state index in [-0.39, 0.29) is 17.7 Å². The summed E-state index contributed by atoms with van der Waals surface area (Å²) < 4.78 is 52.8. The molecule has 0 amide bonds. The van der Waals surface area contributed by atoms with E-state index in [4.69, 9.17) is 0 Å². The predicted octanol–water partition coefficient (Wildman–Crippen LogP) is 5.63. The highest BCUT2D eigenvalue weighted by atomic mass is 19.4. The maximum Gasteiger partial charge on any atom is 0.416 e. The number of oxime groups is 1. The Balaban J connectivity index is 1.79.